The van der Waals surface area contributed by atoms with Gasteiger partial charge in [-0.25, -0.2) is 4.79 Å². The average Bonchev–Trinajstić information content (AvgIpc) is 2.54. The van der Waals surface area contributed by atoms with Crippen LogP contribution in [0, 0.1) is 0 Å². The third kappa shape index (κ3) is 2.61. The van der Waals surface area contributed by atoms with Gasteiger partial charge < -0.3 is 9.15 Å². The maximum absolute atomic E-state index is 12.4. The summed E-state index contributed by atoms with van der Waals surface area (Å²) in [5.74, 6) is 0.210. The summed E-state index contributed by atoms with van der Waals surface area (Å²) in [6, 6.07) is 12.9. The van der Waals surface area contributed by atoms with E-state index in [0.29, 0.717) is 27.3 Å². The molecule has 0 fully saturated rings. The standard InChI is InChI=1S/C17H11ClO4/c1-21-13-6-7-15-11(8-13)9-14(17(20)22-15)16(19)10-2-4-12(18)5-3-10/h2-9H,1H3. The summed E-state index contributed by atoms with van der Waals surface area (Å²) in [5.41, 5.74) is 0.0816. The maximum atomic E-state index is 12.4. The van der Waals surface area contributed by atoms with Crippen LogP contribution in [0.3, 0.4) is 0 Å². The van der Waals surface area contributed by atoms with E-state index in [-0.39, 0.29) is 5.56 Å². The topological polar surface area (TPSA) is 56.5 Å². The minimum absolute atomic E-state index is 0.0249. The maximum Gasteiger partial charge on any atom is 0.347 e. The molecule has 2 aromatic carbocycles. The highest BCUT2D eigenvalue weighted by Crippen LogP contribution is 2.21. The number of hydrogen-bond acceptors (Lipinski definition) is 4. The molecule has 0 spiro atoms. The number of fused-ring (bicyclic) bond motifs is 1. The molecule has 0 saturated carbocycles. The molecule has 0 atom stereocenters. The number of hydrogen-bond donors (Lipinski definition) is 0. The molecule has 0 aliphatic carbocycles. The van der Waals surface area contributed by atoms with Gasteiger partial charge in [0, 0.05) is 16.0 Å². The zero-order valence-electron chi connectivity index (χ0n) is 11.6. The Hall–Kier alpha value is -2.59. The molecule has 0 aliphatic rings. The molecular weight excluding hydrogens is 304 g/mol. The van der Waals surface area contributed by atoms with Crippen LogP contribution in [0.2, 0.25) is 5.02 Å². The summed E-state index contributed by atoms with van der Waals surface area (Å²) >= 11 is 5.80. The average molecular weight is 315 g/mol. The second-order valence-electron chi connectivity index (χ2n) is 4.69. The van der Waals surface area contributed by atoms with Crippen LogP contribution in [0.1, 0.15) is 15.9 Å². The van der Waals surface area contributed by atoms with E-state index in [2.05, 4.69) is 0 Å². The number of halogens is 1. The Bertz CT molecular complexity index is 910. The van der Waals surface area contributed by atoms with Crippen LogP contribution in [0.5, 0.6) is 5.75 Å². The van der Waals surface area contributed by atoms with Gasteiger partial charge in [0.15, 0.2) is 5.78 Å². The van der Waals surface area contributed by atoms with Crippen LogP contribution in [0.25, 0.3) is 11.0 Å². The van der Waals surface area contributed by atoms with Crippen LogP contribution < -0.4 is 10.4 Å². The monoisotopic (exact) mass is 314 g/mol. The lowest BCUT2D eigenvalue weighted by Crippen LogP contribution is -2.14. The van der Waals surface area contributed by atoms with Crippen LogP contribution in [-0.4, -0.2) is 12.9 Å². The molecule has 0 radical (unpaired) electrons. The molecule has 3 aromatic rings. The first-order chi connectivity index (χ1) is 10.6. The summed E-state index contributed by atoms with van der Waals surface area (Å²) < 4.78 is 10.3. The van der Waals surface area contributed by atoms with Gasteiger partial charge in [-0.05, 0) is 48.5 Å². The third-order valence-electron chi connectivity index (χ3n) is 3.29. The molecule has 0 bridgehead atoms. The molecule has 0 aliphatic heterocycles. The molecular formula is C17H11ClO4. The Labute approximate surface area is 130 Å². The minimum atomic E-state index is -0.669. The molecule has 0 saturated heterocycles. The summed E-state index contributed by atoms with van der Waals surface area (Å²) in [5, 5.41) is 1.14. The van der Waals surface area contributed by atoms with Crippen molar-refractivity contribution in [1.82, 2.24) is 0 Å². The van der Waals surface area contributed by atoms with Crippen LogP contribution in [0.15, 0.2) is 57.7 Å². The van der Waals surface area contributed by atoms with Crippen molar-refractivity contribution in [2.45, 2.75) is 0 Å². The lowest BCUT2D eigenvalue weighted by molar-refractivity contribution is 0.103. The van der Waals surface area contributed by atoms with E-state index in [4.69, 9.17) is 20.8 Å². The summed E-state index contributed by atoms with van der Waals surface area (Å²) in [6.45, 7) is 0. The molecule has 0 amide bonds. The number of rotatable bonds is 3. The van der Waals surface area contributed by atoms with Gasteiger partial charge in [-0.2, -0.15) is 0 Å². The van der Waals surface area contributed by atoms with Gasteiger partial charge in [0.1, 0.15) is 16.9 Å². The fourth-order valence-corrected chi connectivity index (χ4v) is 2.27. The van der Waals surface area contributed by atoms with Gasteiger partial charge in [0.05, 0.1) is 7.11 Å². The van der Waals surface area contributed by atoms with Gasteiger partial charge in [-0.1, -0.05) is 11.6 Å². The van der Waals surface area contributed by atoms with E-state index < -0.39 is 11.4 Å². The SMILES string of the molecule is COc1ccc2oc(=O)c(C(=O)c3ccc(Cl)cc3)cc2c1. The zero-order chi connectivity index (χ0) is 15.7. The summed E-state index contributed by atoms with van der Waals surface area (Å²) in [6.07, 6.45) is 0. The Morgan fingerprint density at radius 3 is 2.50 bits per heavy atom. The number of carbonyl (C=O) groups excluding carboxylic acids is 1. The second-order valence-corrected chi connectivity index (χ2v) is 5.12. The fraction of sp³-hybridized carbons (Fsp3) is 0.0588. The number of ketones is 1. The van der Waals surface area contributed by atoms with Crippen molar-refractivity contribution >= 4 is 28.4 Å². The van der Waals surface area contributed by atoms with E-state index in [1.807, 2.05) is 0 Å². The summed E-state index contributed by atoms with van der Waals surface area (Å²) in [4.78, 5) is 24.5. The molecule has 1 heterocycles. The van der Waals surface area contributed by atoms with Gasteiger partial charge in [-0.3, -0.25) is 4.79 Å². The number of ether oxygens (including phenoxy) is 1. The smallest absolute Gasteiger partial charge is 0.347 e. The van der Waals surface area contributed by atoms with Gasteiger partial charge >= 0.3 is 5.63 Å². The van der Waals surface area contributed by atoms with Crippen molar-refractivity contribution < 1.29 is 13.9 Å². The molecule has 110 valence electrons. The first-order valence-electron chi connectivity index (χ1n) is 6.50. The highest BCUT2D eigenvalue weighted by atomic mass is 35.5. The Balaban J connectivity index is 2.13. The largest absolute Gasteiger partial charge is 0.497 e. The molecule has 0 N–H and O–H groups in total. The van der Waals surface area contributed by atoms with Gasteiger partial charge in [-0.15, -0.1) is 0 Å². The third-order valence-corrected chi connectivity index (χ3v) is 3.54. The molecule has 22 heavy (non-hydrogen) atoms. The van der Waals surface area contributed by atoms with Crippen LogP contribution in [0.4, 0.5) is 0 Å². The summed E-state index contributed by atoms with van der Waals surface area (Å²) in [7, 11) is 1.54. The van der Waals surface area contributed by atoms with Crippen molar-refractivity contribution in [3.05, 3.63) is 75.1 Å². The Kier molecular flexibility index (Phi) is 3.69. The molecule has 1 aromatic heterocycles. The van der Waals surface area contributed by atoms with Crippen molar-refractivity contribution in [3.8, 4) is 5.75 Å². The van der Waals surface area contributed by atoms with Gasteiger partial charge in [0.25, 0.3) is 0 Å². The van der Waals surface area contributed by atoms with Crippen molar-refractivity contribution in [1.29, 1.82) is 0 Å². The second kappa shape index (κ2) is 5.66. The fourth-order valence-electron chi connectivity index (χ4n) is 2.14. The normalized spacial score (nSPS) is 10.6. The van der Waals surface area contributed by atoms with Crippen molar-refractivity contribution in [2.75, 3.05) is 7.11 Å². The zero-order valence-corrected chi connectivity index (χ0v) is 12.4. The van der Waals surface area contributed by atoms with Crippen molar-refractivity contribution in [2.24, 2.45) is 0 Å². The van der Waals surface area contributed by atoms with E-state index in [1.165, 1.54) is 6.07 Å². The van der Waals surface area contributed by atoms with Crippen LogP contribution in [-0.2, 0) is 0 Å². The first-order valence-corrected chi connectivity index (χ1v) is 6.88. The van der Waals surface area contributed by atoms with Crippen molar-refractivity contribution in [3.63, 3.8) is 0 Å². The minimum Gasteiger partial charge on any atom is -0.497 e. The Morgan fingerprint density at radius 2 is 1.82 bits per heavy atom. The van der Waals surface area contributed by atoms with E-state index in [0.717, 1.165) is 0 Å². The predicted octanol–water partition coefficient (Wildman–Crippen LogP) is 3.69. The molecule has 3 rings (SSSR count). The van der Waals surface area contributed by atoms with E-state index in [9.17, 15) is 9.59 Å². The molecule has 4 nitrogen and oxygen atoms in total. The molecule has 0 unspecified atom stereocenters. The first kappa shape index (κ1) is 14.4. The molecule has 5 heteroatoms. The number of benzene rings is 2. The van der Waals surface area contributed by atoms with Gasteiger partial charge in [0.2, 0.25) is 0 Å². The predicted molar refractivity (Wildman–Crippen MR) is 83.9 cm³/mol. The van der Waals surface area contributed by atoms with Crippen LogP contribution >= 0.6 is 11.6 Å². The highest BCUT2D eigenvalue weighted by molar-refractivity contribution is 6.30. The lowest BCUT2D eigenvalue weighted by Gasteiger charge is -2.04. The lowest BCUT2D eigenvalue weighted by atomic mass is 10.0. The highest BCUT2D eigenvalue weighted by Gasteiger charge is 2.16. The Morgan fingerprint density at radius 1 is 1.09 bits per heavy atom. The number of methoxy groups -OCH3 is 1. The number of carbonyl (C=O) groups is 1. The van der Waals surface area contributed by atoms with E-state index >= 15 is 0 Å². The van der Waals surface area contributed by atoms with E-state index in [1.54, 1.807) is 49.6 Å². The quantitative estimate of drug-likeness (QED) is 0.546.